The van der Waals surface area contributed by atoms with Gasteiger partial charge in [0.2, 0.25) is 0 Å². The highest BCUT2D eigenvalue weighted by atomic mass is 16.5. The van der Waals surface area contributed by atoms with Crippen molar-refractivity contribution in [3.05, 3.63) is 59.7 Å². The van der Waals surface area contributed by atoms with Gasteiger partial charge in [-0.2, -0.15) is 5.26 Å². The molecule has 3 heteroatoms. The lowest BCUT2D eigenvalue weighted by molar-refractivity contribution is 0.0368. The maximum absolute atomic E-state index is 10.2. The van der Waals surface area contributed by atoms with E-state index in [1.54, 1.807) is 0 Å². The fourth-order valence-corrected chi connectivity index (χ4v) is 4.16. The van der Waals surface area contributed by atoms with E-state index >= 15 is 0 Å². The summed E-state index contributed by atoms with van der Waals surface area (Å²) < 4.78 is 5.42. The van der Waals surface area contributed by atoms with Crippen molar-refractivity contribution in [2.45, 2.75) is 18.3 Å². The number of nitrogens with zero attached hydrogens (tertiary/aromatic N) is 2. The van der Waals surface area contributed by atoms with Crippen LogP contribution in [-0.4, -0.2) is 37.7 Å². The molecule has 0 N–H and O–H groups in total. The molecule has 4 rings (SSSR count). The molecule has 1 heterocycles. The topological polar surface area (TPSA) is 36.3 Å². The Morgan fingerprint density at radius 1 is 0.958 bits per heavy atom. The van der Waals surface area contributed by atoms with Crippen LogP contribution < -0.4 is 0 Å². The van der Waals surface area contributed by atoms with Gasteiger partial charge in [0.25, 0.3) is 0 Å². The lowest BCUT2D eigenvalue weighted by Gasteiger charge is -2.29. The van der Waals surface area contributed by atoms with Crippen molar-refractivity contribution in [1.82, 2.24) is 4.90 Å². The van der Waals surface area contributed by atoms with Gasteiger partial charge in [0.1, 0.15) is 5.41 Å². The summed E-state index contributed by atoms with van der Waals surface area (Å²) in [5.41, 5.74) is 4.30. The zero-order valence-corrected chi connectivity index (χ0v) is 13.9. The van der Waals surface area contributed by atoms with E-state index in [4.69, 9.17) is 4.74 Å². The summed E-state index contributed by atoms with van der Waals surface area (Å²) in [5, 5.41) is 10.2. The minimum absolute atomic E-state index is 0.501. The van der Waals surface area contributed by atoms with Crippen LogP contribution in [0.5, 0.6) is 0 Å². The molecule has 3 nitrogen and oxygen atoms in total. The predicted molar refractivity (Wildman–Crippen MR) is 94.8 cm³/mol. The van der Waals surface area contributed by atoms with Gasteiger partial charge in [-0.3, -0.25) is 4.90 Å². The molecule has 0 atom stereocenters. The van der Waals surface area contributed by atoms with Crippen molar-refractivity contribution >= 4 is 0 Å². The van der Waals surface area contributed by atoms with Crippen molar-refractivity contribution < 1.29 is 4.74 Å². The summed E-state index contributed by atoms with van der Waals surface area (Å²) >= 11 is 0. The second kappa shape index (κ2) is 6.39. The van der Waals surface area contributed by atoms with Gasteiger partial charge in [-0.1, -0.05) is 48.5 Å². The largest absolute Gasteiger partial charge is 0.379 e. The van der Waals surface area contributed by atoms with Gasteiger partial charge in [0, 0.05) is 13.1 Å². The molecule has 1 fully saturated rings. The zero-order valence-electron chi connectivity index (χ0n) is 13.9. The third kappa shape index (κ3) is 2.43. The Hall–Kier alpha value is -2.15. The molecule has 0 bridgehead atoms. The van der Waals surface area contributed by atoms with Gasteiger partial charge in [-0.15, -0.1) is 0 Å². The van der Waals surface area contributed by atoms with Crippen LogP contribution in [0.1, 0.15) is 24.0 Å². The Balaban J connectivity index is 1.62. The molecule has 122 valence electrons. The first-order valence-electron chi connectivity index (χ1n) is 8.76. The standard InChI is InChI=1S/C21H22N2O/c22-16-21(10-5-11-23-12-14-24-15-13-23)19-8-3-1-6-17(19)18-7-2-4-9-20(18)21/h1-4,6-9H,5,10-15H2. The van der Waals surface area contributed by atoms with E-state index in [1.807, 2.05) is 0 Å². The molecule has 0 saturated carbocycles. The third-order valence-corrected chi connectivity index (χ3v) is 5.38. The summed E-state index contributed by atoms with van der Waals surface area (Å²) in [4.78, 5) is 2.45. The molecule has 2 aromatic carbocycles. The molecule has 1 saturated heterocycles. The van der Waals surface area contributed by atoms with Gasteiger partial charge in [0.15, 0.2) is 0 Å². The molecule has 0 amide bonds. The highest BCUT2D eigenvalue weighted by molar-refractivity contribution is 5.82. The van der Waals surface area contributed by atoms with Crippen molar-refractivity contribution in [3.63, 3.8) is 0 Å². The van der Waals surface area contributed by atoms with E-state index in [0.717, 1.165) is 45.7 Å². The highest BCUT2D eigenvalue weighted by Crippen LogP contribution is 2.50. The van der Waals surface area contributed by atoms with Crippen LogP contribution in [0.15, 0.2) is 48.5 Å². The summed E-state index contributed by atoms with van der Waals surface area (Å²) in [6.07, 6.45) is 1.89. The number of nitriles is 1. The van der Waals surface area contributed by atoms with E-state index in [2.05, 4.69) is 59.5 Å². The van der Waals surface area contributed by atoms with Crippen LogP contribution in [0.3, 0.4) is 0 Å². The van der Waals surface area contributed by atoms with Crippen LogP contribution in [0.25, 0.3) is 11.1 Å². The molecule has 0 unspecified atom stereocenters. The average Bonchev–Trinajstić information content (AvgIpc) is 2.94. The smallest absolute Gasteiger partial charge is 0.108 e. The number of hydrogen-bond donors (Lipinski definition) is 0. The second-order valence-corrected chi connectivity index (χ2v) is 6.67. The van der Waals surface area contributed by atoms with Gasteiger partial charge in [-0.25, -0.2) is 0 Å². The van der Waals surface area contributed by atoms with Crippen molar-refractivity contribution in [1.29, 1.82) is 5.26 Å². The summed E-state index contributed by atoms with van der Waals surface area (Å²) in [7, 11) is 0. The van der Waals surface area contributed by atoms with Crippen molar-refractivity contribution in [2.75, 3.05) is 32.8 Å². The molecule has 24 heavy (non-hydrogen) atoms. The zero-order chi connectivity index (χ0) is 16.4. The lowest BCUT2D eigenvalue weighted by atomic mass is 9.76. The highest BCUT2D eigenvalue weighted by Gasteiger charge is 2.42. The number of morpholine rings is 1. The molecule has 1 aliphatic carbocycles. The summed E-state index contributed by atoms with van der Waals surface area (Å²) in [6.45, 7) is 4.71. The van der Waals surface area contributed by atoms with Gasteiger partial charge >= 0.3 is 0 Å². The average molecular weight is 318 g/mol. The van der Waals surface area contributed by atoms with Gasteiger partial charge in [-0.05, 0) is 41.6 Å². The lowest BCUT2D eigenvalue weighted by Crippen LogP contribution is -2.37. The Morgan fingerprint density at radius 3 is 2.12 bits per heavy atom. The minimum atomic E-state index is -0.501. The Kier molecular flexibility index (Phi) is 4.10. The Labute approximate surface area is 143 Å². The minimum Gasteiger partial charge on any atom is -0.379 e. The monoisotopic (exact) mass is 318 g/mol. The van der Waals surface area contributed by atoms with Gasteiger partial charge in [0.05, 0.1) is 19.3 Å². The van der Waals surface area contributed by atoms with E-state index in [-0.39, 0.29) is 0 Å². The molecule has 2 aromatic rings. The van der Waals surface area contributed by atoms with Crippen LogP contribution in [0.4, 0.5) is 0 Å². The third-order valence-electron chi connectivity index (χ3n) is 5.38. The van der Waals surface area contributed by atoms with Crippen LogP contribution in [-0.2, 0) is 10.2 Å². The normalized spacial score (nSPS) is 18.6. The maximum atomic E-state index is 10.2. The summed E-state index contributed by atoms with van der Waals surface area (Å²) in [5.74, 6) is 0. The van der Waals surface area contributed by atoms with Crippen molar-refractivity contribution in [3.8, 4) is 17.2 Å². The van der Waals surface area contributed by atoms with Crippen LogP contribution in [0, 0.1) is 11.3 Å². The molecule has 0 aromatic heterocycles. The molecule has 0 radical (unpaired) electrons. The molecule has 2 aliphatic rings. The number of rotatable bonds is 4. The van der Waals surface area contributed by atoms with Crippen LogP contribution in [0.2, 0.25) is 0 Å². The number of benzene rings is 2. The molecule has 1 aliphatic heterocycles. The second-order valence-electron chi connectivity index (χ2n) is 6.67. The first kappa shape index (κ1) is 15.4. The van der Waals surface area contributed by atoms with Crippen LogP contribution >= 0.6 is 0 Å². The quantitative estimate of drug-likeness (QED) is 0.864. The first-order valence-corrected chi connectivity index (χ1v) is 8.76. The van der Waals surface area contributed by atoms with Gasteiger partial charge < -0.3 is 4.74 Å². The number of fused-ring (bicyclic) bond motifs is 3. The SMILES string of the molecule is N#CC1(CCCN2CCOCC2)c2ccccc2-c2ccccc21. The fourth-order valence-electron chi connectivity index (χ4n) is 4.16. The Bertz CT molecular complexity index is 726. The number of hydrogen-bond acceptors (Lipinski definition) is 3. The summed E-state index contributed by atoms with van der Waals surface area (Å²) in [6, 6.07) is 19.5. The maximum Gasteiger partial charge on any atom is 0.108 e. The number of ether oxygens (including phenoxy) is 1. The van der Waals surface area contributed by atoms with E-state index < -0.39 is 5.41 Å². The Morgan fingerprint density at radius 2 is 1.54 bits per heavy atom. The van der Waals surface area contributed by atoms with E-state index in [9.17, 15) is 5.26 Å². The van der Waals surface area contributed by atoms with Crippen molar-refractivity contribution in [2.24, 2.45) is 0 Å². The fraction of sp³-hybridized carbons (Fsp3) is 0.381. The molecular weight excluding hydrogens is 296 g/mol. The molecule has 0 spiro atoms. The predicted octanol–water partition coefficient (Wildman–Crippen LogP) is 3.59. The molecular formula is C21H22N2O. The first-order chi connectivity index (χ1) is 11.8. The van der Waals surface area contributed by atoms with E-state index in [1.165, 1.54) is 22.3 Å². The van der Waals surface area contributed by atoms with E-state index in [0.29, 0.717) is 0 Å².